The van der Waals surface area contributed by atoms with Crippen molar-refractivity contribution in [3.63, 3.8) is 0 Å². The molecule has 1 aromatic rings. The number of nitrogens with zero attached hydrogens (tertiary/aromatic N) is 2. The lowest BCUT2D eigenvalue weighted by Gasteiger charge is -2.19. The molecule has 0 amide bonds. The van der Waals surface area contributed by atoms with Gasteiger partial charge in [0.05, 0.1) is 12.7 Å². The number of methoxy groups -OCH3 is 1. The predicted octanol–water partition coefficient (Wildman–Crippen LogP) is 1.75. The molecule has 1 unspecified atom stereocenters. The van der Waals surface area contributed by atoms with Crippen molar-refractivity contribution in [2.24, 2.45) is 0 Å². The topological polar surface area (TPSA) is 48.3 Å². The van der Waals surface area contributed by atoms with Crippen molar-refractivity contribution >= 4 is 0 Å². The lowest BCUT2D eigenvalue weighted by atomic mass is 10.1. The van der Waals surface area contributed by atoms with E-state index in [-0.39, 0.29) is 0 Å². The summed E-state index contributed by atoms with van der Waals surface area (Å²) in [5, 5.41) is 12.4. The first-order valence-corrected chi connectivity index (χ1v) is 6.72. The first-order valence-electron chi connectivity index (χ1n) is 6.72. The summed E-state index contributed by atoms with van der Waals surface area (Å²) in [6.07, 6.45) is 2.58. The fourth-order valence-electron chi connectivity index (χ4n) is 2.56. The van der Waals surface area contributed by atoms with Crippen molar-refractivity contribution in [2.45, 2.75) is 25.4 Å². The number of nitriles is 1. The van der Waals surface area contributed by atoms with Crippen LogP contribution in [0.25, 0.3) is 0 Å². The van der Waals surface area contributed by atoms with Gasteiger partial charge in [-0.1, -0.05) is 6.07 Å². The third kappa shape index (κ3) is 3.46. The summed E-state index contributed by atoms with van der Waals surface area (Å²) in [4.78, 5) is 2.41. The lowest BCUT2D eigenvalue weighted by Crippen LogP contribution is -2.35. The van der Waals surface area contributed by atoms with Crippen LogP contribution in [0.2, 0.25) is 0 Å². The summed E-state index contributed by atoms with van der Waals surface area (Å²) in [7, 11) is 3.78. The molecule has 1 heterocycles. The minimum Gasteiger partial charge on any atom is -0.495 e. The van der Waals surface area contributed by atoms with Crippen LogP contribution in [0.1, 0.15) is 24.0 Å². The summed E-state index contributed by atoms with van der Waals surface area (Å²) in [5.41, 5.74) is 1.73. The molecule has 102 valence electrons. The second-order valence-electron chi connectivity index (χ2n) is 5.05. The highest BCUT2D eigenvalue weighted by Gasteiger charge is 2.19. The second-order valence-corrected chi connectivity index (χ2v) is 5.05. The van der Waals surface area contributed by atoms with Gasteiger partial charge in [0.15, 0.2) is 0 Å². The van der Waals surface area contributed by atoms with Crippen molar-refractivity contribution in [1.82, 2.24) is 10.2 Å². The zero-order chi connectivity index (χ0) is 13.7. The second kappa shape index (κ2) is 6.55. The summed E-state index contributed by atoms with van der Waals surface area (Å²) in [6.45, 7) is 3.03. The zero-order valence-electron chi connectivity index (χ0n) is 11.6. The van der Waals surface area contributed by atoms with Crippen LogP contribution in [-0.4, -0.2) is 38.2 Å². The van der Waals surface area contributed by atoms with Crippen molar-refractivity contribution in [2.75, 3.05) is 27.2 Å². The number of hydrogen-bond acceptors (Lipinski definition) is 4. The van der Waals surface area contributed by atoms with Gasteiger partial charge >= 0.3 is 0 Å². The van der Waals surface area contributed by atoms with Gasteiger partial charge in [0.25, 0.3) is 0 Å². The van der Waals surface area contributed by atoms with Gasteiger partial charge in [-0.2, -0.15) is 5.26 Å². The minimum absolute atomic E-state index is 0.585. The van der Waals surface area contributed by atoms with Gasteiger partial charge in [0.1, 0.15) is 11.8 Å². The molecular weight excluding hydrogens is 238 g/mol. The van der Waals surface area contributed by atoms with Crippen molar-refractivity contribution in [3.05, 3.63) is 29.3 Å². The molecule has 2 rings (SSSR count). The lowest BCUT2D eigenvalue weighted by molar-refractivity contribution is 0.300. The fraction of sp³-hybridized carbons (Fsp3) is 0.533. The Kier molecular flexibility index (Phi) is 4.78. The highest BCUT2D eigenvalue weighted by molar-refractivity contribution is 5.45. The third-order valence-corrected chi connectivity index (χ3v) is 3.77. The van der Waals surface area contributed by atoms with E-state index >= 15 is 0 Å². The maximum atomic E-state index is 8.94. The maximum Gasteiger partial charge on any atom is 0.136 e. The van der Waals surface area contributed by atoms with Gasteiger partial charge in [0, 0.05) is 19.1 Å². The van der Waals surface area contributed by atoms with Gasteiger partial charge in [0.2, 0.25) is 0 Å². The van der Waals surface area contributed by atoms with E-state index in [0.29, 0.717) is 17.4 Å². The average molecular weight is 259 g/mol. The minimum atomic E-state index is 0.585. The van der Waals surface area contributed by atoms with Crippen LogP contribution in [0, 0.1) is 11.3 Å². The maximum absolute atomic E-state index is 8.94. The summed E-state index contributed by atoms with van der Waals surface area (Å²) in [6, 6.07) is 8.51. The molecule has 1 fully saturated rings. The van der Waals surface area contributed by atoms with Gasteiger partial charge in [-0.15, -0.1) is 0 Å². The van der Waals surface area contributed by atoms with Gasteiger partial charge < -0.3 is 15.0 Å². The average Bonchev–Trinajstić information content (AvgIpc) is 2.84. The van der Waals surface area contributed by atoms with Crippen LogP contribution in [-0.2, 0) is 6.54 Å². The molecule has 1 aliphatic heterocycles. The van der Waals surface area contributed by atoms with E-state index < -0.39 is 0 Å². The van der Waals surface area contributed by atoms with Crippen molar-refractivity contribution in [3.8, 4) is 11.8 Å². The highest BCUT2D eigenvalue weighted by Crippen LogP contribution is 2.19. The summed E-state index contributed by atoms with van der Waals surface area (Å²) in [5.74, 6) is 0.653. The fourth-order valence-corrected chi connectivity index (χ4v) is 2.56. The molecule has 0 bridgehead atoms. The number of nitrogens with one attached hydrogen (secondary N) is 1. The molecule has 0 aliphatic carbocycles. The highest BCUT2D eigenvalue weighted by atomic mass is 16.5. The number of likely N-dealkylation sites (tertiary alicyclic amines) is 1. The Bertz CT molecular complexity index is 467. The van der Waals surface area contributed by atoms with E-state index in [4.69, 9.17) is 10.00 Å². The Morgan fingerprint density at radius 3 is 3.00 bits per heavy atom. The van der Waals surface area contributed by atoms with Gasteiger partial charge in [-0.05, 0) is 44.1 Å². The number of rotatable bonds is 5. The molecule has 4 heteroatoms. The zero-order valence-corrected chi connectivity index (χ0v) is 11.6. The Hall–Kier alpha value is -1.57. The van der Waals surface area contributed by atoms with E-state index in [2.05, 4.69) is 23.3 Å². The van der Waals surface area contributed by atoms with E-state index in [1.165, 1.54) is 19.4 Å². The number of likely N-dealkylation sites (N-methyl/N-ethyl adjacent to an activating group) is 1. The Morgan fingerprint density at radius 1 is 1.53 bits per heavy atom. The van der Waals surface area contributed by atoms with Gasteiger partial charge in [-0.25, -0.2) is 0 Å². The first-order chi connectivity index (χ1) is 9.24. The van der Waals surface area contributed by atoms with Crippen LogP contribution < -0.4 is 10.1 Å². The SMILES string of the molecule is COc1cc(CNCC2CCCN2C)ccc1C#N. The molecule has 0 saturated carbocycles. The summed E-state index contributed by atoms with van der Waals surface area (Å²) < 4.78 is 5.22. The van der Waals surface area contributed by atoms with Crippen molar-refractivity contribution < 1.29 is 4.74 Å². The standard InChI is InChI=1S/C15H21N3O/c1-18-7-3-4-14(18)11-17-10-12-5-6-13(9-16)15(8-12)19-2/h5-6,8,14,17H,3-4,7,10-11H2,1-2H3. The third-order valence-electron chi connectivity index (χ3n) is 3.77. The molecule has 0 spiro atoms. The molecule has 0 radical (unpaired) electrons. The molecule has 1 N–H and O–H groups in total. The summed E-state index contributed by atoms with van der Waals surface area (Å²) >= 11 is 0. The molecule has 1 atom stereocenters. The molecule has 0 aromatic heterocycles. The Morgan fingerprint density at radius 2 is 2.37 bits per heavy atom. The largest absolute Gasteiger partial charge is 0.495 e. The van der Waals surface area contributed by atoms with Crippen LogP contribution in [0.4, 0.5) is 0 Å². The van der Waals surface area contributed by atoms with Crippen LogP contribution in [0.5, 0.6) is 5.75 Å². The Balaban J connectivity index is 1.87. The molecule has 1 aliphatic rings. The van der Waals surface area contributed by atoms with E-state index in [9.17, 15) is 0 Å². The normalized spacial score (nSPS) is 19.3. The predicted molar refractivity (Wildman–Crippen MR) is 75.1 cm³/mol. The van der Waals surface area contributed by atoms with E-state index in [1.807, 2.05) is 18.2 Å². The molecule has 1 aromatic carbocycles. The number of benzene rings is 1. The van der Waals surface area contributed by atoms with Gasteiger partial charge in [-0.3, -0.25) is 0 Å². The molecule has 1 saturated heterocycles. The monoisotopic (exact) mass is 259 g/mol. The van der Waals surface area contributed by atoms with Crippen LogP contribution in [0.15, 0.2) is 18.2 Å². The van der Waals surface area contributed by atoms with E-state index in [0.717, 1.165) is 18.7 Å². The van der Waals surface area contributed by atoms with Crippen LogP contribution in [0.3, 0.4) is 0 Å². The quantitative estimate of drug-likeness (QED) is 0.875. The van der Waals surface area contributed by atoms with Crippen molar-refractivity contribution in [1.29, 1.82) is 5.26 Å². The molecule has 19 heavy (non-hydrogen) atoms. The number of hydrogen-bond donors (Lipinski definition) is 1. The molecular formula is C15H21N3O. The molecule has 4 nitrogen and oxygen atoms in total. The van der Waals surface area contributed by atoms with Crippen LogP contribution >= 0.6 is 0 Å². The van der Waals surface area contributed by atoms with E-state index in [1.54, 1.807) is 7.11 Å². The Labute approximate surface area is 115 Å². The number of ether oxygens (including phenoxy) is 1. The first kappa shape index (κ1) is 13.9. The smallest absolute Gasteiger partial charge is 0.136 e.